The summed E-state index contributed by atoms with van der Waals surface area (Å²) in [4.78, 5) is 15.9. The Morgan fingerprint density at radius 1 is 1.11 bits per heavy atom. The molecule has 2 aromatic carbocycles. The van der Waals surface area contributed by atoms with Gasteiger partial charge < -0.3 is 10.1 Å². The van der Waals surface area contributed by atoms with E-state index in [9.17, 15) is 9.18 Å². The zero-order chi connectivity index (χ0) is 19.1. The van der Waals surface area contributed by atoms with E-state index in [0.717, 1.165) is 16.7 Å². The van der Waals surface area contributed by atoms with Crippen LogP contribution in [0.5, 0.6) is 11.5 Å². The third-order valence-electron chi connectivity index (χ3n) is 3.88. The van der Waals surface area contributed by atoms with Crippen LogP contribution in [0.3, 0.4) is 0 Å². The average Bonchev–Trinajstić information content (AvgIpc) is 2.69. The number of aromatic nitrogens is 1. The van der Waals surface area contributed by atoms with Crippen LogP contribution >= 0.6 is 0 Å². The number of benzene rings is 2. The van der Waals surface area contributed by atoms with Gasteiger partial charge in [0.25, 0.3) is 0 Å². The number of carbonyl (C=O) groups is 1. The maximum absolute atomic E-state index is 13.0. The standard InChI is InChI=1S/C22H19FN2O2/c1-16-14-18(2-8-21(16)27-20-6-4-19(23)5-7-20)15-25-22(26)9-3-17-10-12-24-13-11-17/h2-14H,15H2,1H3,(H,25,26)/b9-3+. The van der Waals surface area contributed by atoms with Crippen LogP contribution in [0.1, 0.15) is 16.7 Å². The number of nitrogens with one attached hydrogen (secondary N) is 1. The van der Waals surface area contributed by atoms with E-state index in [1.54, 1.807) is 30.6 Å². The second kappa shape index (κ2) is 8.76. The molecular formula is C22H19FN2O2. The molecular weight excluding hydrogens is 343 g/mol. The fourth-order valence-corrected chi connectivity index (χ4v) is 2.46. The molecule has 0 saturated heterocycles. The molecule has 1 amide bonds. The maximum Gasteiger partial charge on any atom is 0.244 e. The van der Waals surface area contributed by atoms with Gasteiger partial charge in [-0.3, -0.25) is 9.78 Å². The first-order valence-corrected chi connectivity index (χ1v) is 8.49. The highest BCUT2D eigenvalue weighted by molar-refractivity contribution is 5.91. The molecule has 0 atom stereocenters. The molecule has 0 fully saturated rings. The Morgan fingerprint density at radius 3 is 2.56 bits per heavy atom. The van der Waals surface area contributed by atoms with Gasteiger partial charge in [-0.05, 0) is 72.2 Å². The highest BCUT2D eigenvalue weighted by atomic mass is 19.1. The normalized spacial score (nSPS) is 10.7. The molecule has 1 N–H and O–H groups in total. The number of hydrogen-bond acceptors (Lipinski definition) is 3. The molecule has 0 bridgehead atoms. The second-order valence-corrected chi connectivity index (χ2v) is 5.99. The summed E-state index contributed by atoms with van der Waals surface area (Å²) >= 11 is 0. The quantitative estimate of drug-likeness (QED) is 0.650. The summed E-state index contributed by atoms with van der Waals surface area (Å²) in [5.74, 6) is 0.787. The third-order valence-corrected chi connectivity index (χ3v) is 3.88. The number of rotatable bonds is 6. The number of aryl methyl sites for hydroxylation is 1. The van der Waals surface area contributed by atoms with Gasteiger partial charge in [-0.15, -0.1) is 0 Å². The van der Waals surface area contributed by atoms with Gasteiger partial charge in [-0.2, -0.15) is 0 Å². The van der Waals surface area contributed by atoms with Crippen molar-refractivity contribution in [2.75, 3.05) is 0 Å². The molecule has 27 heavy (non-hydrogen) atoms. The summed E-state index contributed by atoms with van der Waals surface area (Å²) in [6.07, 6.45) is 6.59. The number of pyridine rings is 1. The van der Waals surface area contributed by atoms with Crippen molar-refractivity contribution in [2.24, 2.45) is 0 Å². The van der Waals surface area contributed by atoms with Crippen molar-refractivity contribution in [3.8, 4) is 11.5 Å². The van der Waals surface area contributed by atoms with Gasteiger partial charge >= 0.3 is 0 Å². The number of carbonyl (C=O) groups excluding carboxylic acids is 1. The van der Waals surface area contributed by atoms with Crippen molar-refractivity contribution >= 4 is 12.0 Å². The van der Waals surface area contributed by atoms with Crippen LogP contribution in [-0.2, 0) is 11.3 Å². The minimum absolute atomic E-state index is 0.170. The Balaban J connectivity index is 1.56. The van der Waals surface area contributed by atoms with Crippen molar-refractivity contribution in [3.05, 3.63) is 95.6 Å². The van der Waals surface area contributed by atoms with Crippen LogP contribution in [0.15, 0.2) is 73.1 Å². The van der Waals surface area contributed by atoms with E-state index in [0.29, 0.717) is 18.0 Å². The Kier molecular flexibility index (Phi) is 5.94. The number of amides is 1. The summed E-state index contributed by atoms with van der Waals surface area (Å²) in [7, 11) is 0. The van der Waals surface area contributed by atoms with Crippen LogP contribution in [0.2, 0.25) is 0 Å². The predicted octanol–water partition coefficient (Wildman–Crippen LogP) is 4.65. The lowest BCUT2D eigenvalue weighted by Gasteiger charge is -2.11. The number of ether oxygens (including phenoxy) is 1. The lowest BCUT2D eigenvalue weighted by molar-refractivity contribution is -0.116. The molecule has 5 heteroatoms. The smallest absolute Gasteiger partial charge is 0.244 e. The van der Waals surface area contributed by atoms with Crippen LogP contribution in [0.4, 0.5) is 4.39 Å². The SMILES string of the molecule is Cc1cc(CNC(=O)/C=C/c2ccncc2)ccc1Oc1ccc(F)cc1. The Labute approximate surface area is 157 Å². The molecule has 3 aromatic rings. The van der Waals surface area contributed by atoms with Gasteiger partial charge in [0, 0.05) is 25.0 Å². The lowest BCUT2D eigenvalue weighted by atomic mass is 10.1. The van der Waals surface area contributed by atoms with Gasteiger partial charge in [-0.25, -0.2) is 4.39 Å². The van der Waals surface area contributed by atoms with Crippen LogP contribution in [0.25, 0.3) is 6.08 Å². The molecule has 0 saturated carbocycles. The summed E-state index contributed by atoms with van der Waals surface area (Å²) in [6.45, 7) is 2.34. The highest BCUT2D eigenvalue weighted by Crippen LogP contribution is 2.25. The van der Waals surface area contributed by atoms with E-state index in [1.807, 2.05) is 37.3 Å². The molecule has 0 unspecified atom stereocenters. The summed E-state index contributed by atoms with van der Waals surface area (Å²) in [6, 6.07) is 15.2. The van der Waals surface area contributed by atoms with Crippen molar-refractivity contribution in [2.45, 2.75) is 13.5 Å². The first-order chi connectivity index (χ1) is 13.1. The van der Waals surface area contributed by atoms with Gasteiger partial charge in [0.1, 0.15) is 17.3 Å². The number of hydrogen-bond donors (Lipinski definition) is 1. The number of halogens is 1. The molecule has 136 valence electrons. The summed E-state index contributed by atoms with van der Waals surface area (Å²) < 4.78 is 18.7. The lowest BCUT2D eigenvalue weighted by Crippen LogP contribution is -2.20. The van der Waals surface area contributed by atoms with Crippen LogP contribution in [-0.4, -0.2) is 10.9 Å². The Bertz CT molecular complexity index is 938. The zero-order valence-electron chi connectivity index (χ0n) is 14.9. The molecule has 0 aliphatic carbocycles. The molecule has 0 aliphatic heterocycles. The molecule has 0 radical (unpaired) electrons. The van der Waals surface area contributed by atoms with Crippen molar-refractivity contribution in [1.82, 2.24) is 10.3 Å². The van der Waals surface area contributed by atoms with E-state index in [-0.39, 0.29) is 11.7 Å². The molecule has 4 nitrogen and oxygen atoms in total. The second-order valence-electron chi connectivity index (χ2n) is 5.99. The Hall–Kier alpha value is -3.47. The molecule has 1 aromatic heterocycles. The van der Waals surface area contributed by atoms with Crippen molar-refractivity contribution in [1.29, 1.82) is 0 Å². The van der Waals surface area contributed by atoms with Gasteiger partial charge in [-0.1, -0.05) is 12.1 Å². The van der Waals surface area contributed by atoms with E-state index in [1.165, 1.54) is 18.2 Å². The molecule has 0 aliphatic rings. The summed E-state index contributed by atoms with van der Waals surface area (Å²) in [5.41, 5.74) is 2.81. The first kappa shape index (κ1) is 18.3. The van der Waals surface area contributed by atoms with E-state index >= 15 is 0 Å². The zero-order valence-corrected chi connectivity index (χ0v) is 14.9. The maximum atomic E-state index is 13.0. The monoisotopic (exact) mass is 362 g/mol. The minimum atomic E-state index is -0.303. The first-order valence-electron chi connectivity index (χ1n) is 8.49. The van der Waals surface area contributed by atoms with Crippen molar-refractivity contribution in [3.63, 3.8) is 0 Å². The third kappa shape index (κ3) is 5.51. The highest BCUT2D eigenvalue weighted by Gasteiger charge is 2.04. The van der Waals surface area contributed by atoms with Crippen LogP contribution in [0, 0.1) is 12.7 Å². The van der Waals surface area contributed by atoms with Gasteiger partial charge in [0.2, 0.25) is 5.91 Å². The topological polar surface area (TPSA) is 51.2 Å². The predicted molar refractivity (Wildman–Crippen MR) is 103 cm³/mol. The average molecular weight is 362 g/mol. The summed E-state index contributed by atoms with van der Waals surface area (Å²) in [5, 5.41) is 2.85. The van der Waals surface area contributed by atoms with Crippen molar-refractivity contribution < 1.29 is 13.9 Å². The number of nitrogens with zero attached hydrogens (tertiary/aromatic N) is 1. The van der Waals surface area contributed by atoms with E-state index in [4.69, 9.17) is 4.74 Å². The fourth-order valence-electron chi connectivity index (χ4n) is 2.46. The minimum Gasteiger partial charge on any atom is -0.457 e. The fraction of sp³-hybridized carbons (Fsp3) is 0.0909. The molecule has 1 heterocycles. The Morgan fingerprint density at radius 2 is 1.85 bits per heavy atom. The largest absolute Gasteiger partial charge is 0.457 e. The van der Waals surface area contributed by atoms with E-state index in [2.05, 4.69) is 10.3 Å². The molecule has 0 spiro atoms. The van der Waals surface area contributed by atoms with Gasteiger partial charge in [0.05, 0.1) is 0 Å². The van der Waals surface area contributed by atoms with E-state index < -0.39 is 0 Å². The van der Waals surface area contributed by atoms with Crippen LogP contribution < -0.4 is 10.1 Å². The molecule has 3 rings (SSSR count). The van der Waals surface area contributed by atoms with Gasteiger partial charge in [0.15, 0.2) is 0 Å².